The third kappa shape index (κ3) is 5.28. The van der Waals surface area contributed by atoms with Crippen LogP contribution in [0.15, 0.2) is 24.3 Å². The van der Waals surface area contributed by atoms with Crippen molar-refractivity contribution in [2.45, 2.75) is 31.9 Å². The fraction of sp³-hybridized carbons (Fsp3) is 0.500. The van der Waals surface area contributed by atoms with Crippen LogP contribution in [0.2, 0.25) is 0 Å². The Balaban J connectivity index is 1.23. The lowest BCUT2D eigenvalue weighted by Gasteiger charge is -2.36. The van der Waals surface area contributed by atoms with Crippen LogP contribution in [0.4, 0.5) is 20.0 Å². The van der Waals surface area contributed by atoms with E-state index >= 15 is 0 Å². The van der Waals surface area contributed by atoms with Crippen LogP contribution >= 0.6 is 11.3 Å². The van der Waals surface area contributed by atoms with Gasteiger partial charge >= 0.3 is 6.03 Å². The molecule has 3 amide bonds. The molecule has 1 aromatic heterocycles. The number of carbonyl (C=O) groups is 2. The first-order valence-corrected chi connectivity index (χ1v) is 11.1. The van der Waals surface area contributed by atoms with E-state index < -0.39 is 6.04 Å². The molecule has 0 radical (unpaired) electrons. The monoisotopic (exact) mass is 448 g/mol. The third-order valence-electron chi connectivity index (χ3n) is 5.37. The van der Waals surface area contributed by atoms with E-state index in [-0.39, 0.29) is 23.9 Å². The molecule has 31 heavy (non-hydrogen) atoms. The van der Waals surface area contributed by atoms with Gasteiger partial charge in [0, 0.05) is 38.5 Å². The molecule has 11 heteroatoms. The van der Waals surface area contributed by atoms with E-state index in [1.807, 2.05) is 0 Å². The van der Waals surface area contributed by atoms with Crippen LogP contribution in [0.1, 0.15) is 30.9 Å². The van der Waals surface area contributed by atoms with E-state index in [0.29, 0.717) is 37.9 Å². The molecule has 2 aliphatic rings. The molecule has 9 nitrogen and oxygen atoms in total. The Morgan fingerprint density at radius 2 is 1.94 bits per heavy atom. The van der Waals surface area contributed by atoms with Crippen molar-refractivity contribution >= 4 is 34.1 Å². The number of amides is 3. The highest BCUT2D eigenvalue weighted by molar-refractivity contribution is 7.15. The molecule has 166 valence electrons. The zero-order chi connectivity index (χ0) is 21.8. The minimum Gasteiger partial charge on any atom is -0.371 e. The molecule has 0 saturated carbocycles. The van der Waals surface area contributed by atoms with Crippen LogP contribution < -0.4 is 15.5 Å². The van der Waals surface area contributed by atoms with Crippen LogP contribution in [0.25, 0.3) is 0 Å². The number of anilines is 2. The second-order valence-corrected chi connectivity index (χ2v) is 8.57. The van der Waals surface area contributed by atoms with Crippen molar-refractivity contribution in [3.8, 4) is 0 Å². The minimum atomic E-state index is -0.724. The maximum Gasteiger partial charge on any atom is 0.318 e. The fourth-order valence-electron chi connectivity index (χ4n) is 3.56. The lowest BCUT2D eigenvalue weighted by Crippen LogP contribution is -2.54. The van der Waals surface area contributed by atoms with Gasteiger partial charge in [-0.3, -0.25) is 10.1 Å². The number of hydrogen-bond donors (Lipinski definition) is 2. The molecule has 2 aromatic rings. The molecule has 4 rings (SSSR count). The molecule has 0 aliphatic carbocycles. The molecule has 0 bridgehead atoms. The number of piperazine rings is 1. The summed E-state index contributed by atoms with van der Waals surface area (Å²) in [7, 11) is 0. The van der Waals surface area contributed by atoms with Gasteiger partial charge in [0.2, 0.25) is 11.0 Å². The lowest BCUT2D eigenvalue weighted by atomic mass is 10.2. The summed E-state index contributed by atoms with van der Waals surface area (Å²) < 4.78 is 18.7. The van der Waals surface area contributed by atoms with E-state index in [0.717, 1.165) is 23.5 Å². The number of halogens is 1. The quantitative estimate of drug-likeness (QED) is 0.729. The van der Waals surface area contributed by atoms with Gasteiger partial charge in [0.05, 0.1) is 0 Å². The van der Waals surface area contributed by atoms with Crippen LogP contribution in [-0.2, 0) is 9.53 Å². The molecule has 0 spiro atoms. The summed E-state index contributed by atoms with van der Waals surface area (Å²) in [5.74, 6) is -0.626. The first kappa shape index (κ1) is 21.4. The van der Waals surface area contributed by atoms with Crippen molar-refractivity contribution in [3.05, 3.63) is 35.1 Å². The Bertz CT molecular complexity index is 910. The number of benzene rings is 1. The standard InChI is InChI=1S/C20H25FN6O3S/c1-13(17(28)23-19-25-24-18(31-19)16-3-2-12-30-16)22-20(29)27-10-8-26(9-11-27)15-6-4-14(21)5-7-15/h4-7,13,16H,2-3,8-12H2,1H3,(H,22,29)(H,23,25,28). The Morgan fingerprint density at radius 1 is 1.19 bits per heavy atom. The van der Waals surface area contributed by atoms with Gasteiger partial charge in [-0.1, -0.05) is 11.3 Å². The number of nitrogens with one attached hydrogen (secondary N) is 2. The Kier molecular flexibility index (Phi) is 6.62. The first-order chi connectivity index (χ1) is 15.0. The Labute approximate surface area is 183 Å². The average Bonchev–Trinajstić information content (AvgIpc) is 3.46. The number of carbonyl (C=O) groups excluding carboxylic acids is 2. The van der Waals surface area contributed by atoms with Crippen molar-refractivity contribution in [2.24, 2.45) is 0 Å². The predicted octanol–water partition coefficient (Wildman–Crippen LogP) is 2.39. The Hall–Kier alpha value is -2.79. The predicted molar refractivity (Wildman–Crippen MR) is 115 cm³/mol. The summed E-state index contributed by atoms with van der Waals surface area (Å²) in [6.45, 7) is 4.64. The average molecular weight is 449 g/mol. The lowest BCUT2D eigenvalue weighted by molar-refractivity contribution is -0.117. The van der Waals surface area contributed by atoms with E-state index in [1.165, 1.54) is 23.5 Å². The van der Waals surface area contributed by atoms with Crippen molar-refractivity contribution in [3.63, 3.8) is 0 Å². The molecule has 2 N–H and O–H groups in total. The number of urea groups is 1. The summed E-state index contributed by atoms with van der Waals surface area (Å²) in [5, 5.41) is 14.7. The summed E-state index contributed by atoms with van der Waals surface area (Å²) in [6.07, 6.45) is 1.85. The molecule has 2 fully saturated rings. The van der Waals surface area contributed by atoms with Gasteiger partial charge in [-0.2, -0.15) is 0 Å². The third-order valence-corrected chi connectivity index (χ3v) is 6.30. The van der Waals surface area contributed by atoms with Gasteiger partial charge < -0.3 is 19.9 Å². The second kappa shape index (κ2) is 9.56. The SMILES string of the molecule is CC(NC(=O)N1CCN(c2ccc(F)cc2)CC1)C(=O)Nc1nnc(C2CCCO2)s1. The van der Waals surface area contributed by atoms with Crippen molar-refractivity contribution in [2.75, 3.05) is 43.0 Å². The van der Waals surface area contributed by atoms with Crippen LogP contribution in [0.3, 0.4) is 0 Å². The van der Waals surface area contributed by atoms with E-state index in [2.05, 4.69) is 25.7 Å². The van der Waals surface area contributed by atoms with Gasteiger partial charge in [-0.05, 0) is 44.0 Å². The normalized spacial score (nSPS) is 19.9. The van der Waals surface area contributed by atoms with Gasteiger partial charge in [0.15, 0.2) is 0 Å². The molecule has 3 heterocycles. The largest absolute Gasteiger partial charge is 0.371 e. The second-order valence-electron chi connectivity index (χ2n) is 7.56. The van der Waals surface area contributed by atoms with Crippen molar-refractivity contribution in [1.29, 1.82) is 0 Å². The number of hydrogen-bond acceptors (Lipinski definition) is 7. The number of rotatable bonds is 5. The molecule has 1 aromatic carbocycles. The maximum atomic E-state index is 13.1. The zero-order valence-electron chi connectivity index (χ0n) is 17.2. The highest BCUT2D eigenvalue weighted by atomic mass is 32.1. The molecular weight excluding hydrogens is 423 g/mol. The highest BCUT2D eigenvalue weighted by Gasteiger charge is 2.26. The zero-order valence-corrected chi connectivity index (χ0v) is 18.0. The van der Waals surface area contributed by atoms with Crippen LogP contribution in [0.5, 0.6) is 0 Å². The van der Waals surface area contributed by atoms with Gasteiger partial charge in [-0.15, -0.1) is 10.2 Å². The summed E-state index contributed by atoms with van der Waals surface area (Å²) in [6, 6.07) is 5.30. The van der Waals surface area contributed by atoms with Gasteiger partial charge in [0.1, 0.15) is 23.0 Å². The van der Waals surface area contributed by atoms with E-state index in [9.17, 15) is 14.0 Å². The van der Waals surface area contributed by atoms with E-state index in [1.54, 1.807) is 24.0 Å². The van der Waals surface area contributed by atoms with Gasteiger partial charge in [0.25, 0.3) is 0 Å². The van der Waals surface area contributed by atoms with Gasteiger partial charge in [-0.25, -0.2) is 9.18 Å². The maximum absolute atomic E-state index is 13.1. The smallest absolute Gasteiger partial charge is 0.318 e. The molecular formula is C20H25FN6O3S. The highest BCUT2D eigenvalue weighted by Crippen LogP contribution is 2.31. The van der Waals surface area contributed by atoms with E-state index in [4.69, 9.17) is 4.74 Å². The number of aromatic nitrogens is 2. The van der Waals surface area contributed by atoms with Crippen molar-refractivity contribution in [1.82, 2.24) is 20.4 Å². The van der Waals surface area contributed by atoms with Crippen LogP contribution in [0, 0.1) is 5.82 Å². The summed E-state index contributed by atoms with van der Waals surface area (Å²) >= 11 is 1.29. The summed E-state index contributed by atoms with van der Waals surface area (Å²) in [5.41, 5.74) is 0.925. The summed E-state index contributed by atoms with van der Waals surface area (Å²) in [4.78, 5) is 28.8. The molecule has 2 saturated heterocycles. The topological polar surface area (TPSA) is 99.7 Å². The fourth-order valence-corrected chi connectivity index (χ4v) is 4.39. The number of nitrogens with zero attached hydrogens (tertiary/aromatic N) is 4. The van der Waals surface area contributed by atoms with Crippen molar-refractivity contribution < 1.29 is 18.7 Å². The first-order valence-electron chi connectivity index (χ1n) is 10.3. The Morgan fingerprint density at radius 3 is 2.61 bits per heavy atom. The number of ether oxygens (including phenoxy) is 1. The molecule has 2 unspecified atom stereocenters. The minimum absolute atomic E-state index is 0.0474. The van der Waals surface area contributed by atoms with Crippen LogP contribution in [-0.4, -0.2) is 65.9 Å². The molecule has 2 atom stereocenters. The molecule has 2 aliphatic heterocycles.